The molecule has 0 unspecified atom stereocenters. The van der Waals surface area contributed by atoms with Gasteiger partial charge in [-0.2, -0.15) is 0 Å². The Labute approximate surface area is 89.8 Å². The quantitative estimate of drug-likeness (QED) is 0.515. The van der Waals surface area contributed by atoms with Gasteiger partial charge in [0.1, 0.15) is 5.54 Å². The Morgan fingerprint density at radius 1 is 1.27 bits per heavy atom. The van der Waals surface area contributed by atoms with Gasteiger partial charge in [-0.3, -0.25) is 4.79 Å². The van der Waals surface area contributed by atoms with Gasteiger partial charge in [-0.1, -0.05) is 0 Å². The minimum Gasteiger partial charge on any atom is -0.634 e. The number of quaternary nitrogens is 1. The Morgan fingerprint density at radius 2 is 1.60 bits per heavy atom. The van der Waals surface area contributed by atoms with E-state index in [2.05, 4.69) is 0 Å². The molecule has 1 saturated heterocycles. The van der Waals surface area contributed by atoms with Crippen LogP contribution in [0.3, 0.4) is 0 Å². The number of carboxylic acid groups (broad SMARTS) is 1. The predicted molar refractivity (Wildman–Crippen MR) is 56.3 cm³/mol. The number of nitrogens with two attached hydrogens (primary N) is 1. The first-order chi connectivity index (χ1) is 6.51. The third kappa shape index (κ3) is 2.00. The molecule has 0 spiro atoms. The lowest BCUT2D eigenvalue weighted by Gasteiger charge is -2.56. The van der Waals surface area contributed by atoms with Gasteiger partial charge in [-0.05, 0) is 27.7 Å². The highest BCUT2D eigenvalue weighted by Crippen LogP contribution is 2.30. The SMILES string of the molecule is CC1(C)CC(N)(C(=O)O)CC(C)(C)[NH+]1[O-]. The number of nitrogens with one attached hydrogen (secondary N) is 1. The molecule has 1 aliphatic rings. The Balaban J connectivity index is 3.09. The molecule has 1 fully saturated rings. The summed E-state index contributed by atoms with van der Waals surface area (Å²) in [6, 6.07) is 0. The maximum Gasteiger partial charge on any atom is 0.324 e. The molecule has 1 aliphatic heterocycles. The summed E-state index contributed by atoms with van der Waals surface area (Å²) in [4.78, 5) is 11.1. The minimum absolute atomic E-state index is 0.0947. The van der Waals surface area contributed by atoms with Gasteiger partial charge in [0.2, 0.25) is 0 Å². The van der Waals surface area contributed by atoms with Crippen LogP contribution in [-0.4, -0.2) is 27.7 Å². The van der Waals surface area contributed by atoms with Crippen molar-refractivity contribution in [1.29, 1.82) is 0 Å². The van der Waals surface area contributed by atoms with E-state index >= 15 is 0 Å². The van der Waals surface area contributed by atoms with Crippen LogP contribution in [0.1, 0.15) is 40.5 Å². The first-order valence-electron chi connectivity index (χ1n) is 5.08. The minimum atomic E-state index is -1.28. The summed E-state index contributed by atoms with van der Waals surface area (Å²) in [7, 11) is 0. The highest BCUT2D eigenvalue weighted by molar-refractivity contribution is 5.78. The van der Waals surface area contributed by atoms with Gasteiger partial charge in [-0.15, -0.1) is 0 Å². The third-order valence-corrected chi connectivity index (χ3v) is 3.17. The zero-order valence-electron chi connectivity index (χ0n) is 9.76. The molecule has 15 heavy (non-hydrogen) atoms. The average Bonchev–Trinajstić information content (AvgIpc) is 1.98. The molecule has 0 bridgehead atoms. The van der Waals surface area contributed by atoms with Crippen molar-refractivity contribution < 1.29 is 15.0 Å². The second-order valence-electron chi connectivity index (χ2n) is 5.91. The van der Waals surface area contributed by atoms with Crippen molar-refractivity contribution in [2.45, 2.75) is 57.2 Å². The fraction of sp³-hybridized carbons (Fsp3) is 0.900. The maximum absolute atomic E-state index is 12.0. The van der Waals surface area contributed by atoms with Crippen molar-refractivity contribution in [3.8, 4) is 0 Å². The first kappa shape index (κ1) is 12.4. The van der Waals surface area contributed by atoms with Crippen LogP contribution in [0, 0.1) is 5.21 Å². The molecule has 1 rings (SSSR count). The summed E-state index contributed by atoms with van der Waals surface area (Å²) in [6.07, 6.45) is 0.412. The van der Waals surface area contributed by atoms with Gasteiger partial charge in [0.05, 0.1) is 11.1 Å². The van der Waals surface area contributed by atoms with Crippen molar-refractivity contribution in [3.63, 3.8) is 0 Å². The lowest BCUT2D eigenvalue weighted by Crippen LogP contribution is -3.24. The van der Waals surface area contributed by atoms with E-state index in [-0.39, 0.29) is 17.9 Å². The highest BCUT2D eigenvalue weighted by Gasteiger charge is 2.54. The van der Waals surface area contributed by atoms with Crippen molar-refractivity contribution >= 4 is 5.97 Å². The second-order valence-corrected chi connectivity index (χ2v) is 5.91. The normalized spacial score (nSPS) is 38.7. The molecule has 0 aromatic carbocycles. The molecular weight excluding hydrogens is 196 g/mol. The summed E-state index contributed by atoms with van der Waals surface area (Å²) in [5.41, 5.74) is 3.27. The van der Waals surface area contributed by atoms with Gasteiger partial charge in [0.25, 0.3) is 0 Å². The van der Waals surface area contributed by atoms with Crippen molar-refractivity contribution in [2.24, 2.45) is 5.73 Å². The molecule has 88 valence electrons. The molecule has 1 heterocycles. The molecule has 4 N–H and O–H groups in total. The van der Waals surface area contributed by atoms with E-state index in [1.807, 2.05) is 0 Å². The van der Waals surface area contributed by atoms with Crippen LogP contribution < -0.4 is 10.8 Å². The molecule has 5 nitrogen and oxygen atoms in total. The lowest BCUT2D eigenvalue weighted by atomic mass is 9.71. The van der Waals surface area contributed by atoms with Crippen molar-refractivity contribution in [2.75, 3.05) is 0 Å². The fourth-order valence-corrected chi connectivity index (χ4v) is 2.87. The van der Waals surface area contributed by atoms with E-state index in [0.29, 0.717) is 0 Å². The van der Waals surface area contributed by atoms with E-state index in [4.69, 9.17) is 10.8 Å². The summed E-state index contributed by atoms with van der Waals surface area (Å²) in [5, 5.41) is 21.2. The van der Waals surface area contributed by atoms with E-state index in [0.717, 1.165) is 0 Å². The van der Waals surface area contributed by atoms with Gasteiger partial charge in [0.15, 0.2) is 0 Å². The first-order valence-corrected chi connectivity index (χ1v) is 5.08. The summed E-state index contributed by atoms with van der Waals surface area (Å²) in [5.74, 6) is -1.02. The van der Waals surface area contributed by atoms with Crippen LogP contribution in [0.4, 0.5) is 0 Å². The van der Waals surface area contributed by atoms with Gasteiger partial charge in [0, 0.05) is 12.8 Å². The Kier molecular flexibility index (Phi) is 2.62. The van der Waals surface area contributed by atoms with E-state index in [1.54, 1.807) is 27.7 Å². The van der Waals surface area contributed by atoms with Crippen molar-refractivity contribution in [1.82, 2.24) is 0 Å². The monoisotopic (exact) mass is 216 g/mol. The molecule has 0 aliphatic carbocycles. The number of carbonyl (C=O) groups is 1. The van der Waals surface area contributed by atoms with E-state index in [9.17, 15) is 10.0 Å². The standard InChI is InChI=1S/C10H20N2O3/c1-8(2)5-10(11,7(13)14)6-9(3,4)12(8)15/h12H,5-6,11H2,1-4H3,(H,13,14). The topological polar surface area (TPSA) is 90.8 Å². The second kappa shape index (κ2) is 3.17. The van der Waals surface area contributed by atoms with E-state index < -0.39 is 22.6 Å². The van der Waals surface area contributed by atoms with Gasteiger partial charge in [-0.25, -0.2) is 0 Å². The highest BCUT2D eigenvalue weighted by atomic mass is 16.5. The molecular formula is C10H20N2O3. The average molecular weight is 216 g/mol. The number of aliphatic carboxylic acids is 1. The van der Waals surface area contributed by atoms with Crippen LogP contribution in [0.25, 0.3) is 0 Å². The molecule has 5 heteroatoms. The van der Waals surface area contributed by atoms with Crippen LogP contribution in [0.2, 0.25) is 0 Å². The summed E-state index contributed by atoms with van der Waals surface area (Å²) >= 11 is 0. The number of piperidine rings is 1. The molecule has 0 aromatic rings. The number of carboxylic acids is 1. The number of hydrogen-bond acceptors (Lipinski definition) is 3. The number of hydroxylamine groups is 2. The number of rotatable bonds is 1. The summed E-state index contributed by atoms with van der Waals surface area (Å²) in [6.45, 7) is 7.06. The lowest BCUT2D eigenvalue weighted by molar-refractivity contribution is -0.956. The van der Waals surface area contributed by atoms with Gasteiger partial charge >= 0.3 is 5.97 Å². The molecule has 0 amide bonds. The summed E-state index contributed by atoms with van der Waals surface area (Å²) < 4.78 is 0. The third-order valence-electron chi connectivity index (χ3n) is 3.17. The zero-order valence-corrected chi connectivity index (χ0v) is 9.76. The Bertz CT molecular complexity index is 268. The predicted octanol–water partition coefficient (Wildman–Crippen LogP) is -0.498. The zero-order chi connectivity index (χ0) is 12.1. The molecule has 0 atom stereocenters. The largest absolute Gasteiger partial charge is 0.634 e. The maximum atomic E-state index is 12.0. The molecule has 0 saturated carbocycles. The molecule has 0 aromatic heterocycles. The van der Waals surface area contributed by atoms with Crippen LogP contribution in [0.5, 0.6) is 0 Å². The Morgan fingerprint density at radius 3 is 1.87 bits per heavy atom. The van der Waals surface area contributed by atoms with Crippen LogP contribution >= 0.6 is 0 Å². The fourth-order valence-electron chi connectivity index (χ4n) is 2.87. The molecule has 0 radical (unpaired) electrons. The van der Waals surface area contributed by atoms with Crippen molar-refractivity contribution in [3.05, 3.63) is 5.21 Å². The van der Waals surface area contributed by atoms with Gasteiger partial charge < -0.3 is 21.1 Å². The Hall–Kier alpha value is -0.650. The number of hydrogen-bond donors (Lipinski definition) is 3. The smallest absolute Gasteiger partial charge is 0.324 e. The van der Waals surface area contributed by atoms with E-state index in [1.165, 1.54) is 0 Å². The van der Waals surface area contributed by atoms with Crippen LogP contribution in [0.15, 0.2) is 0 Å². The van der Waals surface area contributed by atoms with Crippen LogP contribution in [-0.2, 0) is 4.79 Å².